The molecule has 0 aliphatic carbocycles. The number of imidazole rings is 1. The van der Waals surface area contributed by atoms with E-state index in [1.165, 1.54) is 27.8 Å². The fourth-order valence-electron chi connectivity index (χ4n) is 8.65. The van der Waals surface area contributed by atoms with Crippen molar-refractivity contribution in [2.24, 2.45) is 0 Å². The van der Waals surface area contributed by atoms with Crippen LogP contribution in [0.4, 0.5) is 0 Å². The first-order chi connectivity index (χ1) is 29.7. The average Bonchev–Trinajstić information content (AvgIpc) is 3.67. The van der Waals surface area contributed by atoms with Crippen molar-refractivity contribution in [1.82, 2.24) is 14.5 Å². The first-order valence-corrected chi connectivity index (χ1v) is 21.5. The standard InChI is InChI=1S/C58H53N3O/c1-37-30-38(2)55(62)49(31-37)56-60-54-48(20-15-21-53(54)61(56)52-27-26-43(35-50(52)58(6,7)8)40-18-13-10-14-19-40)45-32-46(34-47(33-45)57(3,4)5)51-36-44(28-29-59-51)42-24-22-41(23-25-42)39-16-11-9-12-17-39/h9-36,62H,1-8H3. The van der Waals surface area contributed by atoms with Crippen LogP contribution in [0.15, 0.2) is 170 Å². The Morgan fingerprint density at radius 2 is 1.08 bits per heavy atom. The molecular weight excluding hydrogens is 755 g/mol. The van der Waals surface area contributed by atoms with Gasteiger partial charge in [0.25, 0.3) is 0 Å². The molecule has 9 aromatic rings. The van der Waals surface area contributed by atoms with Gasteiger partial charge in [0.05, 0.1) is 28.0 Å². The van der Waals surface area contributed by atoms with Crippen molar-refractivity contribution in [2.75, 3.05) is 0 Å². The number of para-hydroxylation sites is 1. The Labute approximate surface area is 366 Å². The number of hydrogen-bond donors (Lipinski definition) is 1. The molecule has 0 fully saturated rings. The van der Waals surface area contributed by atoms with Crippen LogP contribution in [0.1, 0.15) is 63.8 Å². The van der Waals surface area contributed by atoms with Crippen LogP contribution in [0.2, 0.25) is 0 Å². The molecule has 306 valence electrons. The second-order valence-electron chi connectivity index (χ2n) is 18.7. The van der Waals surface area contributed by atoms with Gasteiger partial charge in [0.2, 0.25) is 0 Å². The summed E-state index contributed by atoms with van der Waals surface area (Å²) in [6.45, 7) is 17.6. The Morgan fingerprint density at radius 1 is 0.484 bits per heavy atom. The van der Waals surface area contributed by atoms with E-state index in [-0.39, 0.29) is 16.6 Å². The lowest BCUT2D eigenvalue weighted by Crippen LogP contribution is -2.16. The number of aromatic nitrogens is 3. The van der Waals surface area contributed by atoms with Crippen LogP contribution in [0, 0.1) is 13.8 Å². The Bertz CT molecular complexity index is 3090. The highest BCUT2D eigenvalue weighted by molar-refractivity contribution is 5.97. The number of phenolic OH excluding ortho intramolecular Hbond substituents is 1. The summed E-state index contributed by atoms with van der Waals surface area (Å²) in [7, 11) is 0. The first kappa shape index (κ1) is 40.4. The number of fused-ring (bicyclic) bond motifs is 1. The van der Waals surface area contributed by atoms with Gasteiger partial charge in [-0.05, 0) is 134 Å². The van der Waals surface area contributed by atoms with Crippen LogP contribution in [0.25, 0.3) is 83.9 Å². The molecule has 0 unspecified atom stereocenters. The van der Waals surface area contributed by atoms with Gasteiger partial charge in [-0.25, -0.2) is 4.98 Å². The zero-order chi connectivity index (χ0) is 43.3. The number of aromatic hydroxyl groups is 1. The SMILES string of the molecule is Cc1cc(C)c(O)c(-c2nc3c(-c4cc(-c5cc(-c6ccc(-c7ccccc7)cc6)ccn5)cc(C(C)(C)C)c4)cccc3n2-c2ccc(-c3ccccc3)cc2C(C)(C)C)c1. The summed E-state index contributed by atoms with van der Waals surface area (Å²) in [5, 5.41) is 11.8. The van der Waals surface area contributed by atoms with E-state index in [4.69, 9.17) is 9.97 Å². The zero-order valence-corrected chi connectivity index (χ0v) is 37.0. The molecule has 2 aromatic heterocycles. The van der Waals surface area contributed by atoms with Gasteiger partial charge < -0.3 is 5.11 Å². The molecule has 9 rings (SSSR count). The summed E-state index contributed by atoms with van der Waals surface area (Å²) < 4.78 is 2.27. The molecule has 62 heavy (non-hydrogen) atoms. The van der Waals surface area contributed by atoms with Gasteiger partial charge >= 0.3 is 0 Å². The molecule has 1 N–H and O–H groups in total. The maximum Gasteiger partial charge on any atom is 0.149 e. The molecule has 2 heterocycles. The predicted octanol–water partition coefficient (Wildman–Crippen LogP) is 15.3. The molecule has 0 bridgehead atoms. The molecule has 4 nitrogen and oxygen atoms in total. The summed E-state index contributed by atoms with van der Waals surface area (Å²) in [5.74, 6) is 0.944. The van der Waals surface area contributed by atoms with E-state index in [2.05, 4.69) is 205 Å². The van der Waals surface area contributed by atoms with Crippen molar-refractivity contribution in [3.63, 3.8) is 0 Å². The number of hydrogen-bond acceptors (Lipinski definition) is 3. The zero-order valence-electron chi connectivity index (χ0n) is 37.0. The molecular formula is C58H53N3O. The van der Waals surface area contributed by atoms with E-state index < -0.39 is 0 Å². The predicted molar refractivity (Wildman–Crippen MR) is 260 cm³/mol. The lowest BCUT2D eigenvalue weighted by atomic mass is 9.83. The van der Waals surface area contributed by atoms with Crippen LogP contribution in [0.5, 0.6) is 5.75 Å². The van der Waals surface area contributed by atoms with E-state index in [1.54, 1.807) is 0 Å². The number of aryl methyl sites for hydroxylation is 2. The third-order valence-electron chi connectivity index (χ3n) is 12.0. The van der Waals surface area contributed by atoms with Gasteiger partial charge in [0, 0.05) is 17.3 Å². The van der Waals surface area contributed by atoms with Gasteiger partial charge in [-0.1, -0.05) is 157 Å². The number of phenols is 1. The molecule has 0 amide bonds. The molecule has 0 saturated carbocycles. The van der Waals surface area contributed by atoms with Gasteiger partial charge in [0.1, 0.15) is 11.6 Å². The highest BCUT2D eigenvalue weighted by atomic mass is 16.3. The van der Waals surface area contributed by atoms with Crippen LogP contribution in [-0.2, 0) is 10.8 Å². The largest absolute Gasteiger partial charge is 0.507 e. The fraction of sp³-hybridized carbons (Fsp3) is 0.172. The van der Waals surface area contributed by atoms with E-state index >= 15 is 0 Å². The lowest BCUT2D eigenvalue weighted by molar-refractivity contribution is 0.472. The molecule has 0 radical (unpaired) electrons. The van der Waals surface area contributed by atoms with E-state index in [9.17, 15) is 5.11 Å². The van der Waals surface area contributed by atoms with Gasteiger partial charge in [0.15, 0.2) is 0 Å². The van der Waals surface area contributed by atoms with E-state index in [0.717, 1.165) is 66.9 Å². The van der Waals surface area contributed by atoms with Crippen LogP contribution in [-0.4, -0.2) is 19.6 Å². The monoisotopic (exact) mass is 807 g/mol. The number of nitrogens with zero attached hydrogens (tertiary/aromatic N) is 3. The van der Waals surface area contributed by atoms with E-state index in [0.29, 0.717) is 11.4 Å². The summed E-state index contributed by atoms with van der Waals surface area (Å²) in [6, 6.07) is 58.3. The summed E-state index contributed by atoms with van der Waals surface area (Å²) in [6.07, 6.45) is 1.92. The minimum absolute atomic E-state index is 0.138. The van der Waals surface area contributed by atoms with Crippen molar-refractivity contribution >= 4 is 11.0 Å². The molecule has 0 aliphatic heterocycles. The number of benzene rings is 7. The quantitative estimate of drug-likeness (QED) is 0.174. The second kappa shape index (κ2) is 15.8. The second-order valence-corrected chi connectivity index (χ2v) is 18.7. The molecule has 4 heteroatoms. The maximum atomic E-state index is 11.8. The third kappa shape index (κ3) is 7.74. The Hall–Kier alpha value is -7.04. The lowest BCUT2D eigenvalue weighted by Gasteiger charge is -2.26. The minimum atomic E-state index is -0.211. The Balaban J connectivity index is 1.24. The normalized spacial score (nSPS) is 11.9. The van der Waals surface area contributed by atoms with Crippen LogP contribution < -0.4 is 0 Å². The van der Waals surface area contributed by atoms with Gasteiger partial charge in [-0.15, -0.1) is 0 Å². The number of rotatable bonds is 7. The van der Waals surface area contributed by atoms with Gasteiger partial charge in [-0.3, -0.25) is 9.55 Å². The smallest absolute Gasteiger partial charge is 0.149 e. The molecule has 0 saturated heterocycles. The third-order valence-corrected chi connectivity index (χ3v) is 12.0. The average molecular weight is 808 g/mol. The van der Waals surface area contributed by atoms with Crippen molar-refractivity contribution in [3.8, 4) is 78.6 Å². The van der Waals surface area contributed by atoms with Crippen molar-refractivity contribution in [3.05, 3.63) is 192 Å². The number of pyridine rings is 1. The Kier molecular flexibility index (Phi) is 10.3. The topological polar surface area (TPSA) is 50.9 Å². The highest BCUT2D eigenvalue weighted by Crippen LogP contribution is 2.43. The highest BCUT2D eigenvalue weighted by Gasteiger charge is 2.27. The first-order valence-electron chi connectivity index (χ1n) is 21.5. The fourth-order valence-corrected chi connectivity index (χ4v) is 8.65. The summed E-state index contributed by atoms with van der Waals surface area (Å²) >= 11 is 0. The summed E-state index contributed by atoms with van der Waals surface area (Å²) in [4.78, 5) is 10.5. The minimum Gasteiger partial charge on any atom is -0.507 e. The molecule has 0 atom stereocenters. The van der Waals surface area contributed by atoms with Crippen molar-refractivity contribution in [1.29, 1.82) is 0 Å². The van der Waals surface area contributed by atoms with Crippen LogP contribution >= 0.6 is 0 Å². The summed E-state index contributed by atoms with van der Waals surface area (Å²) in [5.41, 5.74) is 18.5. The van der Waals surface area contributed by atoms with Gasteiger partial charge in [-0.2, -0.15) is 0 Å². The van der Waals surface area contributed by atoms with Crippen molar-refractivity contribution in [2.45, 2.75) is 66.2 Å². The molecule has 7 aromatic carbocycles. The van der Waals surface area contributed by atoms with E-state index in [1.807, 2.05) is 25.3 Å². The maximum absolute atomic E-state index is 11.8. The Morgan fingerprint density at radius 3 is 1.74 bits per heavy atom. The van der Waals surface area contributed by atoms with Crippen molar-refractivity contribution < 1.29 is 5.11 Å². The van der Waals surface area contributed by atoms with Crippen LogP contribution in [0.3, 0.4) is 0 Å². The molecule has 0 spiro atoms. The molecule has 0 aliphatic rings.